The fourth-order valence-corrected chi connectivity index (χ4v) is 4.76. The van der Waals surface area contributed by atoms with Gasteiger partial charge in [-0.2, -0.15) is 0 Å². The van der Waals surface area contributed by atoms with Crippen molar-refractivity contribution in [3.63, 3.8) is 0 Å². The Kier molecular flexibility index (Phi) is 1.98. The molecule has 4 rings (SSSR count). The molecule has 1 heterocycles. The van der Waals surface area contributed by atoms with Crippen LogP contribution in [0.5, 0.6) is 0 Å². The zero-order valence-corrected chi connectivity index (χ0v) is 10.3. The zero-order valence-electron chi connectivity index (χ0n) is 9.48. The molecule has 0 spiro atoms. The minimum absolute atomic E-state index is 0.276. The van der Waals surface area contributed by atoms with Gasteiger partial charge in [-0.25, -0.2) is 4.98 Å². The first-order valence-electron chi connectivity index (χ1n) is 6.54. The molecule has 86 valence electrons. The first kappa shape index (κ1) is 9.60. The monoisotopic (exact) mass is 234 g/mol. The molecule has 3 unspecified atom stereocenters. The van der Waals surface area contributed by atoms with Crippen molar-refractivity contribution in [1.82, 2.24) is 10.3 Å². The fraction of sp³-hybridized carbons (Fsp3) is 0.769. The van der Waals surface area contributed by atoms with Gasteiger partial charge in [0.15, 0.2) is 0 Å². The Hall–Kier alpha value is -0.410. The summed E-state index contributed by atoms with van der Waals surface area (Å²) in [5.74, 6) is 1.84. The van der Waals surface area contributed by atoms with Crippen LogP contribution < -0.4 is 5.32 Å². The molecule has 1 aromatic heterocycles. The lowest BCUT2D eigenvalue weighted by molar-refractivity contribution is 0.206. The van der Waals surface area contributed by atoms with E-state index in [2.05, 4.69) is 15.7 Å². The topological polar surface area (TPSA) is 24.9 Å². The summed E-state index contributed by atoms with van der Waals surface area (Å²) in [6.07, 6.45) is 10.4. The second-order valence-electron chi connectivity index (χ2n) is 5.81. The Labute approximate surface area is 100 Å². The summed E-state index contributed by atoms with van der Waals surface area (Å²) in [6, 6.07) is 0.795. The number of hydrogen-bond donors (Lipinski definition) is 1. The lowest BCUT2D eigenvalue weighted by Gasteiger charge is -2.37. The van der Waals surface area contributed by atoms with Crippen LogP contribution in [0.2, 0.25) is 0 Å². The Balaban J connectivity index is 1.72. The van der Waals surface area contributed by atoms with E-state index in [-0.39, 0.29) is 5.54 Å². The summed E-state index contributed by atoms with van der Waals surface area (Å²) >= 11 is 1.85. The fourth-order valence-electron chi connectivity index (χ4n) is 3.87. The van der Waals surface area contributed by atoms with Crippen LogP contribution in [-0.4, -0.2) is 11.0 Å². The number of fused-ring (bicyclic) bond motifs is 2. The number of nitrogens with one attached hydrogen (secondary N) is 1. The Morgan fingerprint density at radius 2 is 2.25 bits per heavy atom. The van der Waals surface area contributed by atoms with Crippen molar-refractivity contribution >= 4 is 11.3 Å². The average molecular weight is 234 g/mol. The molecule has 2 nitrogen and oxygen atoms in total. The average Bonchev–Trinajstić information content (AvgIpc) is 2.78. The van der Waals surface area contributed by atoms with Crippen LogP contribution in [0.25, 0.3) is 0 Å². The number of nitrogens with zero attached hydrogens (tertiary/aromatic N) is 1. The second-order valence-corrected chi connectivity index (χ2v) is 6.70. The summed E-state index contributed by atoms with van der Waals surface area (Å²) in [7, 11) is 0. The highest BCUT2D eigenvalue weighted by atomic mass is 32.1. The molecule has 16 heavy (non-hydrogen) atoms. The smallest absolute Gasteiger partial charge is 0.113 e. The maximum Gasteiger partial charge on any atom is 0.113 e. The van der Waals surface area contributed by atoms with Gasteiger partial charge in [-0.15, -0.1) is 11.3 Å². The lowest BCUT2D eigenvalue weighted by atomic mass is 9.81. The van der Waals surface area contributed by atoms with E-state index < -0.39 is 0 Å². The van der Waals surface area contributed by atoms with Gasteiger partial charge >= 0.3 is 0 Å². The lowest BCUT2D eigenvalue weighted by Crippen LogP contribution is -2.47. The van der Waals surface area contributed by atoms with Crippen LogP contribution in [-0.2, 0) is 5.54 Å². The number of aromatic nitrogens is 1. The molecule has 0 aliphatic heterocycles. The first-order valence-corrected chi connectivity index (χ1v) is 7.42. The Morgan fingerprint density at radius 3 is 2.81 bits per heavy atom. The van der Waals surface area contributed by atoms with E-state index in [1.807, 2.05) is 17.5 Å². The van der Waals surface area contributed by atoms with Crippen LogP contribution in [0.4, 0.5) is 0 Å². The minimum atomic E-state index is 0.276. The van der Waals surface area contributed by atoms with Crippen LogP contribution in [0.1, 0.15) is 43.5 Å². The van der Waals surface area contributed by atoms with E-state index in [0.717, 1.165) is 17.9 Å². The maximum absolute atomic E-state index is 4.63. The highest BCUT2D eigenvalue weighted by molar-refractivity contribution is 7.09. The van der Waals surface area contributed by atoms with E-state index in [1.165, 1.54) is 43.5 Å². The maximum atomic E-state index is 4.63. The summed E-state index contributed by atoms with van der Waals surface area (Å²) in [5, 5.41) is 7.45. The Morgan fingerprint density at radius 1 is 1.31 bits per heavy atom. The van der Waals surface area contributed by atoms with Crippen LogP contribution in [0.3, 0.4) is 0 Å². The quantitative estimate of drug-likeness (QED) is 0.870. The third-order valence-electron chi connectivity index (χ3n) is 4.70. The highest BCUT2D eigenvalue weighted by Gasteiger charge is 2.54. The molecule has 3 atom stereocenters. The number of hydrogen-bond acceptors (Lipinski definition) is 3. The number of rotatable bonds is 3. The van der Waals surface area contributed by atoms with Gasteiger partial charge in [-0.05, 0) is 43.9 Å². The molecule has 0 radical (unpaired) electrons. The van der Waals surface area contributed by atoms with E-state index >= 15 is 0 Å². The molecule has 0 amide bonds. The van der Waals surface area contributed by atoms with Gasteiger partial charge in [-0.1, -0.05) is 6.42 Å². The Bertz CT molecular complexity index is 385. The zero-order chi connectivity index (χ0) is 10.6. The van der Waals surface area contributed by atoms with Gasteiger partial charge < -0.3 is 5.32 Å². The van der Waals surface area contributed by atoms with Gasteiger partial charge in [-0.3, -0.25) is 0 Å². The van der Waals surface area contributed by atoms with Gasteiger partial charge in [0.2, 0.25) is 0 Å². The summed E-state index contributed by atoms with van der Waals surface area (Å²) in [4.78, 5) is 4.63. The normalized spacial score (nSPS) is 41.8. The van der Waals surface area contributed by atoms with Gasteiger partial charge in [0.25, 0.3) is 0 Å². The predicted molar refractivity (Wildman–Crippen MR) is 65.4 cm³/mol. The molecular weight excluding hydrogens is 216 g/mol. The van der Waals surface area contributed by atoms with Crippen LogP contribution >= 0.6 is 11.3 Å². The van der Waals surface area contributed by atoms with Crippen molar-refractivity contribution in [3.05, 3.63) is 16.6 Å². The van der Waals surface area contributed by atoms with Crippen molar-refractivity contribution < 1.29 is 0 Å². The summed E-state index contributed by atoms with van der Waals surface area (Å²) in [5.41, 5.74) is 0.276. The van der Waals surface area contributed by atoms with E-state index in [4.69, 9.17) is 0 Å². The molecule has 1 aromatic rings. The molecule has 3 aliphatic carbocycles. The third-order valence-corrected chi connectivity index (χ3v) is 5.65. The van der Waals surface area contributed by atoms with Crippen molar-refractivity contribution in [2.75, 3.05) is 0 Å². The SMILES string of the molecule is c1csc(C2(NC3CC3)CC3CCC2C3)n1. The van der Waals surface area contributed by atoms with Gasteiger partial charge in [0.1, 0.15) is 5.01 Å². The van der Waals surface area contributed by atoms with Crippen molar-refractivity contribution in [1.29, 1.82) is 0 Å². The van der Waals surface area contributed by atoms with Gasteiger partial charge in [0, 0.05) is 17.6 Å². The molecule has 1 N–H and O–H groups in total. The summed E-state index contributed by atoms with van der Waals surface area (Å²) < 4.78 is 0. The molecule has 3 heteroatoms. The molecule has 3 saturated carbocycles. The molecule has 2 bridgehead atoms. The molecule has 0 aromatic carbocycles. The van der Waals surface area contributed by atoms with E-state index in [9.17, 15) is 0 Å². The molecular formula is C13H18N2S. The molecule has 3 aliphatic rings. The van der Waals surface area contributed by atoms with Crippen LogP contribution in [0.15, 0.2) is 11.6 Å². The standard InChI is InChI=1S/C13H18N2S/c1-2-10-7-9(1)8-13(10,15-11-3-4-11)12-14-5-6-16-12/h5-6,9-11,15H,1-4,7-8H2. The van der Waals surface area contributed by atoms with Crippen molar-refractivity contribution in [2.24, 2.45) is 11.8 Å². The second kappa shape index (κ2) is 3.30. The summed E-state index contributed by atoms with van der Waals surface area (Å²) in [6.45, 7) is 0. The number of thiazole rings is 1. The van der Waals surface area contributed by atoms with Gasteiger partial charge in [0.05, 0.1) is 5.54 Å². The van der Waals surface area contributed by atoms with E-state index in [1.54, 1.807) is 0 Å². The largest absolute Gasteiger partial charge is 0.302 e. The van der Waals surface area contributed by atoms with E-state index in [0.29, 0.717) is 0 Å². The predicted octanol–water partition coefficient (Wildman–Crippen LogP) is 2.91. The first-order chi connectivity index (χ1) is 7.87. The minimum Gasteiger partial charge on any atom is -0.302 e. The third kappa shape index (κ3) is 1.31. The molecule has 0 saturated heterocycles. The van der Waals surface area contributed by atoms with Crippen molar-refractivity contribution in [3.8, 4) is 0 Å². The molecule has 3 fully saturated rings. The van der Waals surface area contributed by atoms with Crippen molar-refractivity contribution in [2.45, 2.75) is 50.1 Å². The highest BCUT2D eigenvalue weighted by Crippen LogP contribution is 2.56. The van der Waals surface area contributed by atoms with Crippen LogP contribution in [0, 0.1) is 11.8 Å².